The fraction of sp³-hybridized carbons (Fsp3) is 1.00. The highest BCUT2D eigenvalue weighted by molar-refractivity contribution is 4.67. The van der Waals surface area contributed by atoms with Crippen LogP contribution < -0.4 is 5.32 Å². The molecule has 1 rings (SSSR count). The van der Waals surface area contributed by atoms with E-state index in [9.17, 15) is 0 Å². The Balaban J connectivity index is 2.06. The normalized spacial score (nSPS) is 25.3. The second-order valence-corrected chi connectivity index (χ2v) is 4.83. The molecule has 0 aromatic rings. The van der Waals surface area contributed by atoms with Crippen LogP contribution >= 0.6 is 0 Å². The predicted molar refractivity (Wildman–Crippen MR) is 66.8 cm³/mol. The molecular weight excluding hydrogens is 202 g/mol. The molecule has 0 aliphatic carbocycles. The lowest BCUT2D eigenvalue weighted by molar-refractivity contribution is -0.0616. The molecule has 1 heterocycles. The summed E-state index contributed by atoms with van der Waals surface area (Å²) in [6.45, 7) is 9.20. The molecule has 3 atom stereocenters. The van der Waals surface area contributed by atoms with Crippen LogP contribution in [0.3, 0.4) is 0 Å². The smallest absolute Gasteiger partial charge is 0.0808 e. The molecule has 16 heavy (non-hydrogen) atoms. The molecule has 0 radical (unpaired) electrons. The molecule has 0 saturated carbocycles. The third-order valence-corrected chi connectivity index (χ3v) is 3.08. The summed E-state index contributed by atoms with van der Waals surface area (Å²) in [6.07, 6.45) is 5.39. The van der Waals surface area contributed by atoms with Crippen molar-refractivity contribution in [3.63, 3.8) is 0 Å². The lowest BCUT2D eigenvalue weighted by atomic mass is 10.1. The first kappa shape index (κ1) is 13.9. The van der Waals surface area contributed by atoms with Crippen molar-refractivity contribution in [1.29, 1.82) is 0 Å². The molecule has 3 nitrogen and oxygen atoms in total. The van der Waals surface area contributed by atoms with Gasteiger partial charge in [-0.25, -0.2) is 0 Å². The van der Waals surface area contributed by atoms with Gasteiger partial charge in [-0.15, -0.1) is 0 Å². The molecule has 1 aliphatic heterocycles. The molecule has 0 aromatic heterocycles. The second kappa shape index (κ2) is 8.04. The number of nitrogens with one attached hydrogen (secondary N) is 1. The molecule has 3 unspecified atom stereocenters. The van der Waals surface area contributed by atoms with E-state index < -0.39 is 0 Å². The summed E-state index contributed by atoms with van der Waals surface area (Å²) in [6, 6.07) is 0.535. The molecule has 0 aromatic carbocycles. The van der Waals surface area contributed by atoms with E-state index in [0.29, 0.717) is 18.2 Å². The van der Waals surface area contributed by atoms with Gasteiger partial charge in [0.2, 0.25) is 0 Å². The largest absolute Gasteiger partial charge is 0.376 e. The standard InChI is InChI=1S/C13H27NO2/c1-4-14-11(2)9-12(3)16-10-13-7-5-6-8-15-13/h11-14H,4-10H2,1-3H3. The van der Waals surface area contributed by atoms with Crippen LogP contribution in [0.5, 0.6) is 0 Å². The van der Waals surface area contributed by atoms with Crippen LogP contribution in [0.15, 0.2) is 0 Å². The minimum absolute atomic E-state index is 0.319. The Morgan fingerprint density at radius 3 is 2.81 bits per heavy atom. The zero-order valence-corrected chi connectivity index (χ0v) is 11.0. The van der Waals surface area contributed by atoms with Gasteiger partial charge in [-0.2, -0.15) is 0 Å². The summed E-state index contributed by atoms with van der Waals surface area (Å²) >= 11 is 0. The molecule has 1 saturated heterocycles. The monoisotopic (exact) mass is 229 g/mol. The zero-order chi connectivity index (χ0) is 11.8. The number of ether oxygens (including phenoxy) is 2. The number of rotatable bonds is 7. The fourth-order valence-corrected chi connectivity index (χ4v) is 2.21. The van der Waals surface area contributed by atoms with Gasteiger partial charge in [0.1, 0.15) is 0 Å². The van der Waals surface area contributed by atoms with Crippen LogP contribution in [-0.2, 0) is 9.47 Å². The Labute approximate surface area is 99.9 Å². The van der Waals surface area contributed by atoms with Gasteiger partial charge in [0, 0.05) is 12.6 Å². The van der Waals surface area contributed by atoms with Gasteiger partial charge in [0.25, 0.3) is 0 Å². The predicted octanol–water partition coefficient (Wildman–Crippen LogP) is 2.35. The van der Waals surface area contributed by atoms with E-state index in [2.05, 4.69) is 26.1 Å². The average Bonchev–Trinajstić information content (AvgIpc) is 2.28. The lowest BCUT2D eigenvalue weighted by Gasteiger charge is -2.25. The summed E-state index contributed by atoms with van der Waals surface area (Å²) in [5.74, 6) is 0. The van der Waals surface area contributed by atoms with Crippen molar-refractivity contribution in [2.24, 2.45) is 0 Å². The van der Waals surface area contributed by atoms with Gasteiger partial charge < -0.3 is 14.8 Å². The van der Waals surface area contributed by atoms with Gasteiger partial charge >= 0.3 is 0 Å². The van der Waals surface area contributed by atoms with E-state index in [-0.39, 0.29) is 0 Å². The van der Waals surface area contributed by atoms with E-state index in [1.807, 2.05) is 0 Å². The summed E-state index contributed by atoms with van der Waals surface area (Å²) in [5.41, 5.74) is 0. The maximum atomic E-state index is 5.83. The summed E-state index contributed by atoms with van der Waals surface area (Å²) in [4.78, 5) is 0. The highest BCUT2D eigenvalue weighted by Crippen LogP contribution is 2.14. The number of hydrogen-bond acceptors (Lipinski definition) is 3. The van der Waals surface area contributed by atoms with Crippen molar-refractivity contribution in [3.8, 4) is 0 Å². The van der Waals surface area contributed by atoms with Crippen molar-refractivity contribution < 1.29 is 9.47 Å². The average molecular weight is 229 g/mol. The van der Waals surface area contributed by atoms with Crippen LogP contribution in [0.25, 0.3) is 0 Å². The highest BCUT2D eigenvalue weighted by Gasteiger charge is 2.16. The van der Waals surface area contributed by atoms with Gasteiger partial charge in [0.15, 0.2) is 0 Å². The minimum atomic E-state index is 0.319. The lowest BCUT2D eigenvalue weighted by Crippen LogP contribution is -2.32. The van der Waals surface area contributed by atoms with Gasteiger partial charge in [0.05, 0.1) is 18.8 Å². The Morgan fingerprint density at radius 1 is 1.38 bits per heavy atom. The van der Waals surface area contributed by atoms with E-state index in [1.54, 1.807) is 0 Å². The highest BCUT2D eigenvalue weighted by atomic mass is 16.5. The van der Waals surface area contributed by atoms with E-state index in [1.165, 1.54) is 12.8 Å². The second-order valence-electron chi connectivity index (χ2n) is 4.83. The Bertz CT molecular complexity index is 169. The molecule has 1 fully saturated rings. The molecule has 1 N–H and O–H groups in total. The SMILES string of the molecule is CCNC(C)CC(C)OCC1CCCCO1. The third kappa shape index (κ3) is 5.83. The van der Waals surface area contributed by atoms with Gasteiger partial charge in [-0.05, 0) is 46.1 Å². The summed E-state index contributed by atoms with van der Waals surface area (Å²) < 4.78 is 11.5. The maximum Gasteiger partial charge on any atom is 0.0808 e. The van der Waals surface area contributed by atoms with Crippen molar-refractivity contribution >= 4 is 0 Å². The van der Waals surface area contributed by atoms with Crippen LogP contribution in [-0.4, -0.2) is 38.0 Å². The third-order valence-electron chi connectivity index (χ3n) is 3.08. The molecule has 0 spiro atoms. The fourth-order valence-electron chi connectivity index (χ4n) is 2.21. The Morgan fingerprint density at radius 2 is 2.19 bits per heavy atom. The molecule has 1 aliphatic rings. The van der Waals surface area contributed by atoms with E-state index in [4.69, 9.17) is 9.47 Å². The molecule has 96 valence electrons. The quantitative estimate of drug-likeness (QED) is 0.727. The van der Waals surface area contributed by atoms with Crippen LogP contribution in [0.4, 0.5) is 0 Å². The molecule has 3 heteroatoms. The Hall–Kier alpha value is -0.120. The Kier molecular flexibility index (Phi) is 7.01. The van der Waals surface area contributed by atoms with Crippen molar-refractivity contribution in [2.45, 2.75) is 64.7 Å². The summed E-state index contributed by atoms with van der Waals surface area (Å²) in [7, 11) is 0. The first-order valence-electron chi connectivity index (χ1n) is 6.69. The van der Waals surface area contributed by atoms with Gasteiger partial charge in [-0.1, -0.05) is 6.92 Å². The molecular formula is C13H27NO2. The first-order chi connectivity index (χ1) is 7.72. The van der Waals surface area contributed by atoms with Crippen molar-refractivity contribution in [2.75, 3.05) is 19.8 Å². The zero-order valence-electron chi connectivity index (χ0n) is 11.0. The topological polar surface area (TPSA) is 30.5 Å². The first-order valence-corrected chi connectivity index (χ1v) is 6.69. The van der Waals surface area contributed by atoms with E-state index in [0.717, 1.165) is 32.6 Å². The summed E-state index contributed by atoms with van der Waals surface area (Å²) in [5, 5.41) is 3.40. The van der Waals surface area contributed by atoms with Crippen molar-refractivity contribution in [3.05, 3.63) is 0 Å². The van der Waals surface area contributed by atoms with Gasteiger partial charge in [-0.3, -0.25) is 0 Å². The minimum Gasteiger partial charge on any atom is -0.376 e. The maximum absolute atomic E-state index is 5.83. The number of hydrogen-bond donors (Lipinski definition) is 1. The van der Waals surface area contributed by atoms with Crippen LogP contribution in [0, 0.1) is 0 Å². The molecule has 0 amide bonds. The van der Waals surface area contributed by atoms with Crippen molar-refractivity contribution in [1.82, 2.24) is 5.32 Å². The van der Waals surface area contributed by atoms with E-state index >= 15 is 0 Å². The van der Waals surface area contributed by atoms with Crippen LogP contribution in [0.2, 0.25) is 0 Å². The van der Waals surface area contributed by atoms with Crippen LogP contribution in [0.1, 0.15) is 46.5 Å². The molecule has 0 bridgehead atoms.